The molecule has 1 aromatic carbocycles. The third kappa shape index (κ3) is 2.85. The lowest BCUT2D eigenvalue weighted by molar-refractivity contribution is -0.136. The minimum absolute atomic E-state index is 0.255. The van der Waals surface area contributed by atoms with Crippen LogP contribution in [0.15, 0.2) is 12.1 Å². The van der Waals surface area contributed by atoms with Crippen LogP contribution in [0.4, 0.5) is 5.69 Å². The number of nitrogens with one attached hydrogen (secondary N) is 2. The van der Waals surface area contributed by atoms with Crippen LogP contribution in [0.1, 0.15) is 5.56 Å². The fraction of sp³-hybridized carbons (Fsp3) is 0.111. The van der Waals surface area contributed by atoms with E-state index in [9.17, 15) is 9.59 Å². The van der Waals surface area contributed by atoms with E-state index in [2.05, 4.69) is 5.32 Å². The van der Waals surface area contributed by atoms with Gasteiger partial charge in [-0.3, -0.25) is 15.0 Å². The maximum Gasteiger partial charge on any atom is 0.323 e. The van der Waals surface area contributed by atoms with Crippen molar-refractivity contribution in [3.05, 3.63) is 27.7 Å². The Labute approximate surface area is 102 Å². The summed E-state index contributed by atoms with van der Waals surface area (Å²) in [4.78, 5) is 22.0. The van der Waals surface area contributed by atoms with E-state index in [4.69, 9.17) is 29.0 Å². The van der Waals surface area contributed by atoms with E-state index in [1.165, 1.54) is 6.07 Å². The molecule has 1 rings (SSSR count). The summed E-state index contributed by atoms with van der Waals surface area (Å²) in [5.41, 5.74) is 2.73. The van der Waals surface area contributed by atoms with E-state index in [0.29, 0.717) is 10.0 Å². The molecule has 0 fully saturated rings. The van der Waals surface area contributed by atoms with Crippen molar-refractivity contribution in [1.82, 2.24) is 5.43 Å². The molecular weight excluding hydrogens is 253 g/mol. The molecule has 0 heterocycles. The number of hydrogen-bond donors (Lipinski definition) is 3. The first-order chi connectivity index (χ1) is 7.45. The Morgan fingerprint density at radius 1 is 1.19 bits per heavy atom. The molecule has 0 saturated heterocycles. The van der Waals surface area contributed by atoms with E-state index in [1.54, 1.807) is 18.4 Å². The van der Waals surface area contributed by atoms with E-state index in [1.807, 2.05) is 0 Å². The highest BCUT2D eigenvalue weighted by Gasteiger charge is 2.14. The van der Waals surface area contributed by atoms with Gasteiger partial charge in [-0.25, -0.2) is 5.84 Å². The summed E-state index contributed by atoms with van der Waals surface area (Å²) < 4.78 is 0. The SMILES string of the molecule is Cc1cc(Cl)c(NC(=O)C(=O)NN)cc1Cl. The minimum atomic E-state index is -0.965. The number of carbonyl (C=O) groups excluding carboxylic acids is 2. The van der Waals surface area contributed by atoms with Crippen LogP contribution in [0.2, 0.25) is 10.0 Å². The molecule has 1 aromatic rings. The number of amides is 2. The van der Waals surface area contributed by atoms with Gasteiger partial charge in [0.15, 0.2) is 0 Å². The molecule has 0 aliphatic heterocycles. The Bertz CT molecular complexity index is 449. The molecule has 5 nitrogen and oxygen atoms in total. The molecule has 0 aromatic heterocycles. The summed E-state index contributed by atoms with van der Waals surface area (Å²) in [5, 5.41) is 3.01. The summed E-state index contributed by atoms with van der Waals surface area (Å²) in [6, 6.07) is 3.04. The van der Waals surface area contributed by atoms with Gasteiger partial charge in [-0.2, -0.15) is 0 Å². The third-order valence-corrected chi connectivity index (χ3v) is 2.55. The van der Waals surface area contributed by atoms with Crippen molar-refractivity contribution in [2.45, 2.75) is 6.92 Å². The molecule has 0 unspecified atom stereocenters. The maximum atomic E-state index is 11.2. The minimum Gasteiger partial charge on any atom is -0.316 e. The molecule has 4 N–H and O–H groups in total. The largest absolute Gasteiger partial charge is 0.323 e. The summed E-state index contributed by atoms with van der Waals surface area (Å²) in [6.45, 7) is 1.77. The average molecular weight is 262 g/mol. The zero-order chi connectivity index (χ0) is 12.3. The molecule has 86 valence electrons. The average Bonchev–Trinajstić information content (AvgIpc) is 2.24. The van der Waals surface area contributed by atoms with Crippen LogP contribution in [0, 0.1) is 6.92 Å². The number of halogens is 2. The number of hydrazine groups is 1. The van der Waals surface area contributed by atoms with Gasteiger partial charge >= 0.3 is 11.8 Å². The monoisotopic (exact) mass is 261 g/mol. The van der Waals surface area contributed by atoms with Gasteiger partial charge in [0.1, 0.15) is 0 Å². The molecule has 7 heteroatoms. The van der Waals surface area contributed by atoms with Crippen molar-refractivity contribution in [3.8, 4) is 0 Å². The van der Waals surface area contributed by atoms with Crippen LogP contribution in [0.3, 0.4) is 0 Å². The van der Waals surface area contributed by atoms with Gasteiger partial charge in [0, 0.05) is 5.02 Å². The second-order valence-electron chi connectivity index (χ2n) is 3.01. The lowest BCUT2D eigenvalue weighted by Gasteiger charge is -2.08. The molecule has 16 heavy (non-hydrogen) atoms. The van der Waals surface area contributed by atoms with E-state index >= 15 is 0 Å². The fourth-order valence-corrected chi connectivity index (χ4v) is 1.42. The highest BCUT2D eigenvalue weighted by Crippen LogP contribution is 2.28. The summed E-state index contributed by atoms with van der Waals surface area (Å²) >= 11 is 11.7. The Morgan fingerprint density at radius 2 is 1.81 bits per heavy atom. The van der Waals surface area contributed by atoms with E-state index < -0.39 is 11.8 Å². The van der Waals surface area contributed by atoms with Gasteiger partial charge in [-0.15, -0.1) is 0 Å². The van der Waals surface area contributed by atoms with E-state index in [-0.39, 0.29) is 5.69 Å². The van der Waals surface area contributed by atoms with Crippen molar-refractivity contribution in [2.24, 2.45) is 5.84 Å². The Morgan fingerprint density at radius 3 is 2.38 bits per heavy atom. The van der Waals surface area contributed by atoms with Gasteiger partial charge < -0.3 is 5.32 Å². The molecule has 0 atom stereocenters. The van der Waals surface area contributed by atoms with Crippen LogP contribution in [-0.2, 0) is 9.59 Å². The zero-order valence-electron chi connectivity index (χ0n) is 8.30. The van der Waals surface area contributed by atoms with Crippen LogP contribution < -0.4 is 16.6 Å². The van der Waals surface area contributed by atoms with Crippen LogP contribution in [0.5, 0.6) is 0 Å². The molecule has 0 bridgehead atoms. The number of hydrogen-bond acceptors (Lipinski definition) is 3. The lowest BCUT2D eigenvalue weighted by Crippen LogP contribution is -2.39. The number of anilines is 1. The number of aryl methyl sites for hydroxylation is 1. The van der Waals surface area contributed by atoms with Crippen LogP contribution in [-0.4, -0.2) is 11.8 Å². The van der Waals surface area contributed by atoms with Crippen LogP contribution >= 0.6 is 23.2 Å². The predicted molar refractivity (Wildman–Crippen MR) is 62.2 cm³/mol. The van der Waals surface area contributed by atoms with Gasteiger partial charge in [0.2, 0.25) is 0 Å². The number of benzene rings is 1. The normalized spacial score (nSPS) is 9.75. The second-order valence-corrected chi connectivity index (χ2v) is 3.82. The lowest BCUT2D eigenvalue weighted by atomic mass is 10.2. The predicted octanol–water partition coefficient (Wildman–Crippen LogP) is 1.23. The quantitative estimate of drug-likeness (QED) is 0.308. The molecule has 2 amide bonds. The third-order valence-electron chi connectivity index (χ3n) is 1.83. The molecule has 0 radical (unpaired) electrons. The van der Waals surface area contributed by atoms with Crippen LogP contribution in [0.25, 0.3) is 0 Å². The van der Waals surface area contributed by atoms with E-state index in [0.717, 1.165) is 5.56 Å². The number of carbonyl (C=O) groups is 2. The molecule has 0 aliphatic carbocycles. The Balaban J connectivity index is 2.94. The molecule has 0 spiro atoms. The Hall–Kier alpha value is -1.30. The van der Waals surface area contributed by atoms with Crippen molar-refractivity contribution in [1.29, 1.82) is 0 Å². The first kappa shape index (κ1) is 12.8. The summed E-state index contributed by atoms with van der Waals surface area (Å²) in [5.74, 6) is 2.92. The van der Waals surface area contributed by atoms with Gasteiger partial charge in [0.25, 0.3) is 0 Å². The topological polar surface area (TPSA) is 84.2 Å². The summed E-state index contributed by atoms with van der Waals surface area (Å²) in [7, 11) is 0. The smallest absolute Gasteiger partial charge is 0.316 e. The standard InChI is InChI=1S/C9H9Cl2N3O2/c1-4-2-6(11)7(3-5(4)10)13-8(15)9(16)14-12/h2-3H,12H2,1H3,(H,13,15)(H,14,16). The Kier molecular flexibility index (Phi) is 4.12. The number of nitrogens with two attached hydrogens (primary N) is 1. The van der Waals surface area contributed by atoms with Gasteiger partial charge in [0.05, 0.1) is 10.7 Å². The van der Waals surface area contributed by atoms with Crippen molar-refractivity contribution < 1.29 is 9.59 Å². The molecular formula is C9H9Cl2N3O2. The first-order valence-corrected chi connectivity index (χ1v) is 4.99. The van der Waals surface area contributed by atoms with Gasteiger partial charge in [-0.05, 0) is 24.6 Å². The molecule has 0 aliphatic rings. The second kappa shape index (κ2) is 5.16. The zero-order valence-corrected chi connectivity index (χ0v) is 9.82. The van der Waals surface area contributed by atoms with Crippen molar-refractivity contribution in [2.75, 3.05) is 5.32 Å². The van der Waals surface area contributed by atoms with Crippen molar-refractivity contribution in [3.63, 3.8) is 0 Å². The van der Waals surface area contributed by atoms with Gasteiger partial charge in [-0.1, -0.05) is 23.2 Å². The maximum absolute atomic E-state index is 11.2. The molecule has 0 saturated carbocycles. The highest BCUT2D eigenvalue weighted by atomic mass is 35.5. The highest BCUT2D eigenvalue weighted by molar-refractivity contribution is 6.42. The van der Waals surface area contributed by atoms with Crippen molar-refractivity contribution >= 4 is 40.7 Å². The fourth-order valence-electron chi connectivity index (χ4n) is 0.987. The first-order valence-electron chi connectivity index (χ1n) is 4.23. The number of rotatable bonds is 1. The summed E-state index contributed by atoms with van der Waals surface area (Å²) in [6.07, 6.45) is 0.